The van der Waals surface area contributed by atoms with Crippen LogP contribution >= 0.6 is 11.6 Å². The summed E-state index contributed by atoms with van der Waals surface area (Å²) in [6.45, 7) is 4.11. The minimum atomic E-state index is -0.593. The molecule has 0 radical (unpaired) electrons. The molecule has 0 bridgehead atoms. The normalized spacial score (nSPS) is 11.8. The second-order valence-electron chi connectivity index (χ2n) is 5.94. The average Bonchev–Trinajstić information content (AvgIpc) is 3.08. The van der Waals surface area contributed by atoms with Gasteiger partial charge in [0.25, 0.3) is 5.91 Å². The van der Waals surface area contributed by atoms with Crippen LogP contribution in [0.4, 0.5) is 0 Å². The lowest BCUT2D eigenvalue weighted by molar-refractivity contribution is -0.127. The lowest BCUT2D eigenvalue weighted by atomic mass is 10.2. The largest absolute Gasteiger partial charge is 0.481 e. The summed E-state index contributed by atoms with van der Waals surface area (Å²) in [6.07, 6.45) is 3.09. The molecule has 0 fully saturated rings. The first-order chi connectivity index (χ1) is 12.5. The molecule has 0 spiro atoms. The molecule has 26 heavy (non-hydrogen) atoms. The summed E-state index contributed by atoms with van der Waals surface area (Å²) in [7, 11) is 0. The molecule has 6 heteroatoms. The monoisotopic (exact) mass is 369 g/mol. The minimum Gasteiger partial charge on any atom is -0.481 e. The van der Waals surface area contributed by atoms with E-state index in [2.05, 4.69) is 10.3 Å². The highest BCUT2D eigenvalue weighted by atomic mass is 35.5. The predicted molar refractivity (Wildman–Crippen MR) is 102 cm³/mol. The first-order valence-corrected chi connectivity index (χ1v) is 8.70. The Labute approximate surface area is 157 Å². The maximum atomic E-state index is 12.2. The molecular formula is C20H20ClN3O2. The second-order valence-corrected chi connectivity index (χ2v) is 6.38. The van der Waals surface area contributed by atoms with Crippen molar-refractivity contribution in [2.24, 2.45) is 0 Å². The topological polar surface area (TPSA) is 56.2 Å². The lowest BCUT2D eigenvalue weighted by Crippen LogP contribution is -2.35. The lowest BCUT2D eigenvalue weighted by Gasteiger charge is -2.15. The number of amides is 1. The highest BCUT2D eigenvalue weighted by molar-refractivity contribution is 6.30. The Morgan fingerprint density at radius 1 is 1.19 bits per heavy atom. The molecule has 0 unspecified atom stereocenters. The summed E-state index contributed by atoms with van der Waals surface area (Å²) in [6, 6.07) is 14.9. The molecule has 0 saturated heterocycles. The van der Waals surface area contributed by atoms with Gasteiger partial charge in [-0.3, -0.25) is 4.79 Å². The molecule has 1 N–H and O–H groups in total. The van der Waals surface area contributed by atoms with Gasteiger partial charge < -0.3 is 14.6 Å². The third-order valence-electron chi connectivity index (χ3n) is 4.00. The molecule has 0 aliphatic carbocycles. The number of aryl methyl sites for hydroxylation is 1. The molecule has 2 aromatic carbocycles. The fourth-order valence-electron chi connectivity index (χ4n) is 2.53. The van der Waals surface area contributed by atoms with Crippen LogP contribution in [0.25, 0.3) is 5.69 Å². The van der Waals surface area contributed by atoms with E-state index in [0.717, 1.165) is 17.1 Å². The van der Waals surface area contributed by atoms with E-state index < -0.39 is 6.10 Å². The predicted octanol–water partition coefficient (Wildman–Crippen LogP) is 3.92. The van der Waals surface area contributed by atoms with Crippen LogP contribution in [-0.4, -0.2) is 21.6 Å². The number of hydrogen-bond donors (Lipinski definition) is 1. The van der Waals surface area contributed by atoms with Crippen LogP contribution in [0.3, 0.4) is 0 Å². The molecule has 1 aromatic heterocycles. The highest BCUT2D eigenvalue weighted by Crippen LogP contribution is 2.17. The van der Waals surface area contributed by atoms with Crippen molar-refractivity contribution in [3.05, 3.63) is 77.3 Å². The van der Waals surface area contributed by atoms with Crippen molar-refractivity contribution >= 4 is 17.5 Å². The summed E-state index contributed by atoms with van der Waals surface area (Å²) in [5.41, 5.74) is 2.05. The standard InChI is InChI=1S/C20H20ClN3O2/c1-14(26-19-9-5-17(21)6-10-19)20(25)23-13-16-3-7-18(8-4-16)24-12-11-22-15(24)2/h3-12,14H,13H2,1-2H3,(H,23,25)/t14-/m0/s1. The molecule has 0 aliphatic rings. The third-order valence-corrected chi connectivity index (χ3v) is 4.25. The second kappa shape index (κ2) is 8.06. The zero-order chi connectivity index (χ0) is 18.5. The average molecular weight is 370 g/mol. The van der Waals surface area contributed by atoms with Crippen molar-refractivity contribution in [1.29, 1.82) is 0 Å². The van der Waals surface area contributed by atoms with E-state index in [-0.39, 0.29) is 5.91 Å². The van der Waals surface area contributed by atoms with Crippen molar-refractivity contribution in [2.45, 2.75) is 26.5 Å². The zero-order valence-corrected chi connectivity index (χ0v) is 15.4. The van der Waals surface area contributed by atoms with Gasteiger partial charge in [0, 0.05) is 29.6 Å². The van der Waals surface area contributed by atoms with Gasteiger partial charge in [-0.25, -0.2) is 4.98 Å². The molecule has 5 nitrogen and oxygen atoms in total. The smallest absolute Gasteiger partial charge is 0.261 e. The molecule has 134 valence electrons. The van der Waals surface area contributed by atoms with E-state index in [1.165, 1.54) is 0 Å². The first kappa shape index (κ1) is 18.0. The van der Waals surface area contributed by atoms with Gasteiger partial charge in [0.05, 0.1) is 0 Å². The fraction of sp³-hybridized carbons (Fsp3) is 0.200. The molecule has 0 aliphatic heterocycles. The molecule has 0 saturated carbocycles. The van der Waals surface area contributed by atoms with Crippen molar-refractivity contribution in [3.63, 3.8) is 0 Å². The van der Waals surface area contributed by atoms with E-state index in [1.807, 2.05) is 42.0 Å². The van der Waals surface area contributed by atoms with Crippen molar-refractivity contribution in [2.75, 3.05) is 0 Å². The molecule has 1 heterocycles. The molecular weight excluding hydrogens is 350 g/mol. The minimum absolute atomic E-state index is 0.172. The van der Waals surface area contributed by atoms with Gasteiger partial charge in [0.15, 0.2) is 6.10 Å². The van der Waals surface area contributed by atoms with E-state index in [9.17, 15) is 4.79 Å². The number of carbonyl (C=O) groups excluding carboxylic acids is 1. The van der Waals surface area contributed by atoms with Crippen molar-refractivity contribution in [3.8, 4) is 11.4 Å². The maximum absolute atomic E-state index is 12.2. The van der Waals surface area contributed by atoms with Gasteiger partial charge in [-0.15, -0.1) is 0 Å². The molecule has 3 aromatic rings. The fourth-order valence-corrected chi connectivity index (χ4v) is 2.65. The number of ether oxygens (including phenoxy) is 1. The number of halogens is 1. The van der Waals surface area contributed by atoms with Gasteiger partial charge in [-0.2, -0.15) is 0 Å². The van der Waals surface area contributed by atoms with Crippen LogP contribution in [0.15, 0.2) is 60.9 Å². The number of hydrogen-bond acceptors (Lipinski definition) is 3. The quantitative estimate of drug-likeness (QED) is 0.716. The summed E-state index contributed by atoms with van der Waals surface area (Å²) < 4.78 is 7.62. The van der Waals surface area contributed by atoms with Crippen LogP contribution in [0.2, 0.25) is 5.02 Å². The van der Waals surface area contributed by atoms with Crippen molar-refractivity contribution in [1.82, 2.24) is 14.9 Å². The summed E-state index contributed by atoms with van der Waals surface area (Å²) >= 11 is 5.84. The van der Waals surface area contributed by atoms with Gasteiger partial charge in [-0.1, -0.05) is 23.7 Å². The Morgan fingerprint density at radius 2 is 1.88 bits per heavy atom. The molecule has 1 amide bonds. The van der Waals surface area contributed by atoms with Gasteiger partial charge in [0.2, 0.25) is 0 Å². The highest BCUT2D eigenvalue weighted by Gasteiger charge is 2.14. The number of nitrogens with one attached hydrogen (secondary N) is 1. The molecule has 3 rings (SSSR count). The summed E-state index contributed by atoms with van der Waals surface area (Å²) in [5, 5.41) is 3.52. The number of nitrogens with zero attached hydrogens (tertiary/aromatic N) is 2. The number of rotatable bonds is 6. The Bertz CT molecular complexity index is 873. The third kappa shape index (κ3) is 4.43. The SMILES string of the molecule is Cc1nccn1-c1ccc(CNC(=O)[C@H](C)Oc2ccc(Cl)cc2)cc1. The maximum Gasteiger partial charge on any atom is 0.261 e. The van der Waals surface area contributed by atoms with Crippen LogP contribution < -0.4 is 10.1 Å². The zero-order valence-electron chi connectivity index (χ0n) is 14.6. The number of benzene rings is 2. The number of aromatic nitrogens is 2. The Morgan fingerprint density at radius 3 is 2.50 bits per heavy atom. The summed E-state index contributed by atoms with van der Waals surface area (Å²) in [5.74, 6) is 1.37. The van der Waals surface area contributed by atoms with E-state index >= 15 is 0 Å². The van der Waals surface area contributed by atoms with Crippen LogP contribution in [-0.2, 0) is 11.3 Å². The van der Waals surface area contributed by atoms with E-state index in [4.69, 9.17) is 16.3 Å². The van der Waals surface area contributed by atoms with Crippen LogP contribution in [0.1, 0.15) is 18.3 Å². The Hall–Kier alpha value is -2.79. The van der Waals surface area contributed by atoms with Crippen molar-refractivity contribution < 1.29 is 9.53 Å². The van der Waals surface area contributed by atoms with Gasteiger partial charge in [0.1, 0.15) is 11.6 Å². The van der Waals surface area contributed by atoms with Crippen LogP contribution in [0, 0.1) is 6.92 Å². The number of imidazole rings is 1. The first-order valence-electron chi connectivity index (χ1n) is 8.32. The van der Waals surface area contributed by atoms with Gasteiger partial charge >= 0.3 is 0 Å². The van der Waals surface area contributed by atoms with Gasteiger partial charge in [-0.05, 0) is 55.8 Å². The summed E-state index contributed by atoms with van der Waals surface area (Å²) in [4.78, 5) is 16.4. The van der Waals surface area contributed by atoms with E-state index in [1.54, 1.807) is 37.4 Å². The number of carbonyl (C=O) groups is 1. The Kier molecular flexibility index (Phi) is 5.58. The van der Waals surface area contributed by atoms with E-state index in [0.29, 0.717) is 17.3 Å². The van der Waals surface area contributed by atoms with Crippen LogP contribution in [0.5, 0.6) is 5.75 Å². The molecule has 1 atom stereocenters. The Balaban J connectivity index is 1.54.